The molecule has 68 valence electrons. The summed E-state index contributed by atoms with van der Waals surface area (Å²) in [6, 6.07) is 0. The van der Waals surface area contributed by atoms with Gasteiger partial charge >= 0.3 is 0 Å². The van der Waals surface area contributed by atoms with Crippen LogP contribution in [0.15, 0.2) is 0 Å². The summed E-state index contributed by atoms with van der Waals surface area (Å²) in [6.45, 7) is 12.8. The van der Waals surface area contributed by atoms with E-state index < -0.39 is 0 Å². The highest BCUT2D eigenvalue weighted by Gasteiger charge is 2.20. The predicted molar refractivity (Wildman–Crippen MR) is 49.5 cm³/mol. The van der Waals surface area contributed by atoms with Gasteiger partial charge in [0, 0.05) is 5.54 Å². The molecule has 11 heavy (non-hydrogen) atoms. The average molecular weight is 159 g/mol. The van der Waals surface area contributed by atoms with Crippen LogP contribution in [0.4, 0.5) is 0 Å². The van der Waals surface area contributed by atoms with Gasteiger partial charge in [0.25, 0.3) is 0 Å². The Morgan fingerprint density at radius 2 is 1.36 bits per heavy atom. The Balaban J connectivity index is 0. The van der Waals surface area contributed by atoms with E-state index in [2.05, 4.69) is 34.6 Å². The monoisotopic (exact) mass is 159 g/mol. The molecular weight excluding hydrogens is 138 g/mol. The molecule has 0 saturated carbocycles. The van der Waals surface area contributed by atoms with Crippen molar-refractivity contribution in [2.75, 3.05) is 0 Å². The lowest BCUT2D eigenvalue weighted by Crippen LogP contribution is -2.36. The van der Waals surface area contributed by atoms with Gasteiger partial charge in [0.05, 0.1) is 0 Å². The molecule has 2 nitrogen and oxygen atoms in total. The van der Waals surface area contributed by atoms with Crippen LogP contribution in [0.1, 0.15) is 41.0 Å². The molecule has 0 aliphatic heterocycles. The fourth-order valence-electron chi connectivity index (χ4n) is 1.37. The van der Waals surface area contributed by atoms with Crippen LogP contribution in [0, 0.1) is 5.41 Å². The zero-order chi connectivity index (χ0) is 9.71. The van der Waals surface area contributed by atoms with Crippen LogP contribution in [0.2, 0.25) is 0 Å². The van der Waals surface area contributed by atoms with E-state index >= 15 is 0 Å². The van der Waals surface area contributed by atoms with Gasteiger partial charge in [-0.15, -0.1) is 0 Å². The summed E-state index contributed by atoms with van der Waals surface area (Å²) < 4.78 is 0. The molecule has 0 radical (unpaired) electrons. The number of carbonyl (C=O) groups is 1. The molecule has 0 unspecified atom stereocenters. The topological polar surface area (TPSA) is 43.1 Å². The molecule has 0 aromatic rings. The Labute approximate surface area is 70.2 Å². The number of nitrogens with two attached hydrogens (primary N) is 1. The van der Waals surface area contributed by atoms with Gasteiger partial charge in [-0.05, 0) is 25.7 Å². The molecule has 0 amide bonds. The smallest absolute Gasteiger partial charge is 0.106 e. The highest BCUT2D eigenvalue weighted by atomic mass is 16.1. The van der Waals surface area contributed by atoms with Crippen molar-refractivity contribution in [1.82, 2.24) is 0 Å². The van der Waals surface area contributed by atoms with Gasteiger partial charge in [-0.1, -0.05) is 20.8 Å². The third kappa shape index (κ3) is 17.7. The van der Waals surface area contributed by atoms with E-state index in [4.69, 9.17) is 10.5 Å². The van der Waals surface area contributed by atoms with Gasteiger partial charge in [-0.3, -0.25) is 0 Å². The predicted octanol–water partition coefficient (Wildman–Crippen LogP) is 1.98. The molecule has 0 aromatic carbocycles. The SMILES string of the molecule is C=O.CC(C)(C)CC(C)(C)N. The van der Waals surface area contributed by atoms with Crippen molar-refractivity contribution in [2.24, 2.45) is 11.1 Å². The van der Waals surface area contributed by atoms with Gasteiger partial charge in [0.1, 0.15) is 6.79 Å². The van der Waals surface area contributed by atoms with Crippen LogP contribution in [-0.2, 0) is 4.79 Å². The average Bonchev–Trinajstić information content (AvgIpc) is 1.60. The maximum Gasteiger partial charge on any atom is 0.106 e. The molecule has 0 saturated heterocycles. The molecule has 0 heterocycles. The van der Waals surface area contributed by atoms with Crippen molar-refractivity contribution in [3.05, 3.63) is 0 Å². The summed E-state index contributed by atoms with van der Waals surface area (Å²) in [6.07, 6.45) is 1.07. The molecule has 0 aromatic heterocycles. The summed E-state index contributed by atoms with van der Waals surface area (Å²) in [5, 5.41) is 0. The fourth-order valence-corrected chi connectivity index (χ4v) is 1.37. The quantitative estimate of drug-likeness (QED) is 0.635. The Hall–Kier alpha value is -0.370. The maximum absolute atomic E-state index is 8.00. The summed E-state index contributed by atoms with van der Waals surface area (Å²) in [4.78, 5) is 8.00. The van der Waals surface area contributed by atoms with E-state index in [0.717, 1.165) is 6.42 Å². The maximum atomic E-state index is 8.00. The third-order valence-electron chi connectivity index (χ3n) is 0.986. The lowest BCUT2D eigenvalue weighted by molar-refractivity contribution is -0.0979. The molecule has 0 spiro atoms. The number of hydrogen-bond acceptors (Lipinski definition) is 2. The lowest BCUT2D eigenvalue weighted by atomic mass is 9.82. The van der Waals surface area contributed by atoms with Gasteiger partial charge in [0.15, 0.2) is 0 Å². The molecule has 2 N–H and O–H groups in total. The second-order valence-electron chi connectivity index (χ2n) is 4.73. The number of carbonyl (C=O) groups excluding carboxylic acids is 1. The van der Waals surface area contributed by atoms with E-state index in [0.29, 0.717) is 5.41 Å². The normalized spacial score (nSPS) is 11.8. The Morgan fingerprint density at radius 3 is 1.36 bits per heavy atom. The molecule has 0 bridgehead atoms. The van der Waals surface area contributed by atoms with Crippen LogP contribution in [-0.4, -0.2) is 12.3 Å². The first-order valence-electron chi connectivity index (χ1n) is 3.78. The van der Waals surface area contributed by atoms with Gasteiger partial charge < -0.3 is 10.5 Å². The molecule has 0 atom stereocenters. The van der Waals surface area contributed by atoms with Crippen LogP contribution in [0.3, 0.4) is 0 Å². The van der Waals surface area contributed by atoms with Crippen LogP contribution in [0.25, 0.3) is 0 Å². The Morgan fingerprint density at radius 1 is 1.09 bits per heavy atom. The molecule has 2 heteroatoms. The summed E-state index contributed by atoms with van der Waals surface area (Å²) in [5.41, 5.74) is 6.17. The third-order valence-corrected chi connectivity index (χ3v) is 0.986. The molecule has 0 aliphatic carbocycles. The van der Waals surface area contributed by atoms with Crippen molar-refractivity contribution in [3.63, 3.8) is 0 Å². The highest BCUT2D eigenvalue weighted by Crippen LogP contribution is 2.24. The first-order chi connectivity index (χ1) is 4.71. The minimum atomic E-state index is -0.0156. The Bertz CT molecular complexity index is 85.1. The van der Waals surface area contributed by atoms with E-state index in [1.54, 1.807) is 0 Å². The van der Waals surface area contributed by atoms with Crippen LogP contribution in [0.5, 0.6) is 0 Å². The van der Waals surface area contributed by atoms with E-state index in [-0.39, 0.29) is 5.54 Å². The highest BCUT2D eigenvalue weighted by molar-refractivity contribution is 5.10. The first-order valence-corrected chi connectivity index (χ1v) is 3.78. The van der Waals surface area contributed by atoms with Gasteiger partial charge in [0.2, 0.25) is 0 Å². The minimum Gasteiger partial charge on any atom is -0.326 e. The zero-order valence-corrected chi connectivity index (χ0v) is 8.40. The minimum absolute atomic E-state index is 0.0156. The molecule has 0 rings (SSSR count). The van der Waals surface area contributed by atoms with E-state index in [1.807, 2.05) is 6.79 Å². The van der Waals surface area contributed by atoms with Gasteiger partial charge in [-0.2, -0.15) is 0 Å². The molecule has 0 fully saturated rings. The van der Waals surface area contributed by atoms with Crippen molar-refractivity contribution in [1.29, 1.82) is 0 Å². The first kappa shape index (κ1) is 13.2. The second kappa shape index (κ2) is 4.50. The van der Waals surface area contributed by atoms with Crippen molar-refractivity contribution >= 4 is 6.79 Å². The lowest BCUT2D eigenvalue weighted by Gasteiger charge is -2.28. The van der Waals surface area contributed by atoms with Crippen molar-refractivity contribution in [2.45, 2.75) is 46.6 Å². The largest absolute Gasteiger partial charge is 0.326 e. The molecule has 0 aliphatic rings. The van der Waals surface area contributed by atoms with E-state index in [1.165, 1.54) is 0 Å². The molecular formula is C9H21NO. The summed E-state index contributed by atoms with van der Waals surface area (Å²) >= 11 is 0. The van der Waals surface area contributed by atoms with Crippen molar-refractivity contribution < 1.29 is 4.79 Å². The fraction of sp³-hybridized carbons (Fsp3) is 0.889. The number of rotatable bonds is 1. The Kier molecular flexibility index (Phi) is 5.41. The number of hydrogen-bond donors (Lipinski definition) is 1. The van der Waals surface area contributed by atoms with Crippen LogP contribution < -0.4 is 5.73 Å². The van der Waals surface area contributed by atoms with E-state index in [9.17, 15) is 0 Å². The second-order valence-corrected chi connectivity index (χ2v) is 4.73. The van der Waals surface area contributed by atoms with Crippen molar-refractivity contribution in [3.8, 4) is 0 Å². The van der Waals surface area contributed by atoms with Crippen LogP contribution >= 0.6 is 0 Å². The standard InChI is InChI=1S/C8H19N.CH2O/c1-7(2,3)6-8(4,5)9;1-2/h6,9H2,1-5H3;1H2. The van der Waals surface area contributed by atoms with Gasteiger partial charge in [-0.25, -0.2) is 0 Å². The zero-order valence-electron chi connectivity index (χ0n) is 8.40. The summed E-state index contributed by atoms with van der Waals surface area (Å²) in [5.74, 6) is 0. The summed E-state index contributed by atoms with van der Waals surface area (Å²) in [7, 11) is 0.